The van der Waals surface area contributed by atoms with Gasteiger partial charge < -0.3 is 29.0 Å². The van der Waals surface area contributed by atoms with Crippen LogP contribution in [0.25, 0.3) is 11.1 Å². The number of aryl methyl sites for hydroxylation is 1. The predicted octanol–water partition coefficient (Wildman–Crippen LogP) is 7.06. The zero-order valence-electron chi connectivity index (χ0n) is 35.9. The van der Waals surface area contributed by atoms with Crippen molar-refractivity contribution in [3.05, 3.63) is 188 Å². The van der Waals surface area contributed by atoms with Crippen molar-refractivity contribution < 1.29 is 33.3 Å². The van der Waals surface area contributed by atoms with Crippen molar-refractivity contribution in [3.8, 4) is 22.6 Å². The molecule has 2 saturated heterocycles. The van der Waals surface area contributed by atoms with Gasteiger partial charge in [0.1, 0.15) is 42.1 Å². The number of aromatic nitrogens is 2. The summed E-state index contributed by atoms with van der Waals surface area (Å²) in [6.07, 6.45) is 0.488. The summed E-state index contributed by atoms with van der Waals surface area (Å²) in [5.41, 5.74) is 4.88. The third-order valence-electron chi connectivity index (χ3n) is 12.8. The fraction of sp³-hybridized carbons (Fsp3) is 0.294. The summed E-state index contributed by atoms with van der Waals surface area (Å²) in [6.45, 7) is 2.06. The minimum Gasteiger partial charge on any atom is -0.497 e. The first-order chi connectivity index (χ1) is 31.2. The number of rotatable bonds is 13. The Bertz CT molecular complexity index is 2660. The van der Waals surface area contributed by atoms with Gasteiger partial charge in [0.2, 0.25) is 5.91 Å². The van der Waals surface area contributed by atoms with Gasteiger partial charge in [-0.2, -0.15) is 0 Å². The number of fused-ring (bicyclic) bond motifs is 3. The molecule has 0 radical (unpaired) electrons. The highest BCUT2D eigenvalue weighted by molar-refractivity contribution is 5.86. The number of hydrogen-bond acceptors (Lipinski definition) is 9. The Labute approximate surface area is 370 Å². The zero-order valence-corrected chi connectivity index (χ0v) is 35.9. The van der Waals surface area contributed by atoms with Crippen molar-refractivity contribution in [1.29, 1.82) is 0 Å². The molecule has 0 bridgehead atoms. The van der Waals surface area contributed by atoms with E-state index in [1.807, 2.05) is 103 Å². The van der Waals surface area contributed by atoms with Gasteiger partial charge >= 0.3 is 11.8 Å². The Morgan fingerprint density at radius 2 is 1.34 bits per heavy atom. The maximum absolute atomic E-state index is 14.4. The Morgan fingerprint density at radius 1 is 0.766 bits per heavy atom. The Balaban J connectivity index is 0.999. The first-order valence-electron chi connectivity index (χ1n) is 21.6. The van der Waals surface area contributed by atoms with E-state index in [4.69, 9.17) is 23.7 Å². The molecule has 3 aliphatic rings. The minimum absolute atomic E-state index is 0.0494. The van der Waals surface area contributed by atoms with E-state index in [-0.39, 0.29) is 31.5 Å². The Kier molecular flexibility index (Phi) is 11.9. The number of H-pyrrole nitrogens is 1. The number of methoxy groups -OCH3 is 2. The minimum atomic E-state index is -1.20. The van der Waals surface area contributed by atoms with E-state index in [2.05, 4.69) is 34.6 Å². The molecule has 5 aromatic carbocycles. The van der Waals surface area contributed by atoms with E-state index in [1.54, 1.807) is 21.1 Å². The van der Waals surface area contributed by atoms with Crippen molar-refractivity contribution in [2.45, 2.75) is 62.1 Å². The van der Waals surface area contributed by atoms with Crippen LogP contribution in [0.2, 0.25) is 0 Å². The molecule has 2 N–H and O–H groups in total. The van der Waals surface area contributed by atoms with Crippen LogP contribution in [0.1, 0.15) is 64.8 Å². The van der Waals surface area contributed by atoms with E-state index in [9.17, 15) is 19.2 Å². The number of benzene rings is 5. The lowest BCUT2D eigenvalue weighted by Gasteiger charge is -2.37. The summed E-state index contributed by atoms with van der Waals surface area (Å²) in [6, 6.07) is 39.9. The molecule has 4 atom stereocenters. The number of hydrogen-bond donors (Lipinski definition) is 2. The van der Waals surface area contributed by atoms with Crippen LogP contribution >= 0.6 is 0 Å². The van der Waals surface area contributed by atoms with Gasteiger partial charge in [0.05, 0.1) is 26.9 Å². The lowest BCUT2D eigenvalue weighted by molar-refractivity contribution is -0.127. The van der Waals surface area contributed by atoms with E-state index in [0.717, 1.165) is 38.9 Å². The lowest BCUT2D eigenvalue weighted by atomic mass is 9.80. The number of amides is 2. The third kappa shape index (κ3) is 7.97. The molecule has 2 amide bonds. The normalized spacial score (nSPS) is 19.2. The predicted molar refractivity (Wildman–Crippen MR) is 240 cm³/mol. The number of ether oxygens (including phenoxy) is 5. The van der Waals surface area contributed by atoms with Crippen LogP contribution in [0, 0.1) is 6.92 Å². The van der Waals surface area contributed by atoms with Crippen molar-refractivity contribution in [3.63, 3.8) is 0 Å². The van der Waals surface area contributed by atoms with Crippen molar-refractivity contribution >= 4 is 12.0 Å². The Hall–Kier alpha value is -6.96. The molecular weight excluding hydrogens is 813 g/mol. The summed E-state index contributed by atoms with van der Waals surface area (Å²) in [5, 5.41) is 3.20. The van der Waals surface area contributed by atoms with E-state index < -0.39 is 47.4 Å². The summed E-state index contributed by atoms with van der Waals surface area (Å²) < 4.78 is 32.3. The first kappa shape index (κ1) is 42.3. The van der Waals surface area contributed by atoms with Gasteiger partial charge in [-0.05, 0) is 83.0 Å². The van der Waals surface area contributed by atoms with Crippen LogP contribution in [0.5, 0.6) is 11.5 Å². The lowest BCUT2D eigenvalue weighted by Crippen LogP contribution is -2.52. The number of carbonyl (C=O) groups excluding carboxylic acids is 2. The summed E-state index contributed by atoms with van der Waals surface area (Å²) in [5.74, 6) is 0.852. The maximum atomic E-state index is 14.4. The fourth-order valence-electron chi connectivity index (χ4n) is 9.50. The van der Waals surface area contributed by atoms with E-state index in [0.29, 0.717) is 36.4 Å². The molecule has 2 fully saturated rings. The van der Waals surface area contributed by atoms with Gasteiger partial charge in [-0.15, -0.1) is 0 Å². The van der Waals surface area contributed by atoms with Crippen LogP contribution in [-0.4, -0.2) is 78.6 Å². The standard InChI is InChI=1S/C51H50N4O9/c1-32-29-55(49(58)53-47(32)56)46-28-43(52-48(57)44-18-11-27-54(44)50(59)62-30-42-40-16-9-7-14-38(40)39-15-8-10-17-41(39)42)45(64-46)31-63-51(33-12-5-4-6-13-33,34-19-23-36(60-2)24-20-34)35-21-25-37(61-3)26-22-35/h4-10,12-17,19-26,29,42-46H,11,18,27-28,30-31H2,1-3H3,(H,52,57)(H,53,56,58)/t43-,44-,45+,46+/m0/s1. The van der Waals surface area contributed by atoms with Crippen molar-refractivity contribution in [2.75, 3.05) is 34.0 Å². The van der Waals surface area contributed by atoms with Crippen molar-refractivity contribution in [2.24, 2.45) is 0 Å². The molecule has 2 aliphatic heterocycles. The largest absolute Gasteiger partial charge is 0.497 e. The highest BCUT2D eigenvalue weighted by atomic mass is 16.6. The molecule has 9 rings (SSSR count). The molecule has 6 aromatic rings. The molecule has 328 valence electrons. The SMILES string of the molecule is COc1ccc(C(OC[C@H]2O[C@@H](n3cc(C)c(=O)[nH]c3=O)C[C@@H]2NC(=O)[C@@H]2CCCN2C(=O)OCC2c3ccccc3-c3ccccc32)(c2ccccc2)c2ccc(OC)cc2)cc1. The summed E-state index contributed by atoms with van der Waals surface area (Å²) in [7, 11) is 3.22. The van der Waals surface area contributed by atoms with Gasteiger partial charge in [0.25, 0.3) is 5.56 Å². The Morgan fingerprint density at radius 3 is 1.95 bits per heavy atom. The number of nitrogens with one attached hydrogen (secondary N) is 2. The van der Waals surface area contributed by atoms with Crippen LogP contribution in [0.4, 0.5) is 4.79 Å². The third-order valence-corrected chi connectivity index (χ3v) is 12.8. The second kappa shape index (κ2) is 18.0. The summed E-state index contributed by atoms with van der Waals surface area (Å²) in [4.78, 5) is 57.8. The highest BCUT2D eigenvalue weighted by Crippen LogP contribution is 2.45. The van der Waals surface area contributed by atoms with Gasteiger partial charge in [0, 0.05) is 30.6 Å². The second-order valence-corrected chi connectivity index (χ2v) is 16.4. The molecule has 0 unspecified atom stereocenters. The van der Waals surface area contributed by atoms with Crippen LogP contribution in [0.15, 0.2) is 143 Å². The average Bonchev–Trinajstić information content (AvgIpc) is 4.07. The number of nitrogens with zero attached hydrogens (tertiary/aromatic N) is 2. The van der Waals surface area contributed by atoms with Gasteiger partial charge in [0.15, 0.2) is 0 Å². The molecular formula is C51H50N4O9. The van der Waals surface area contributed by atoms with Gasteiger partial charge in [-0.25, -0.2) is 9.59 Å². The molecule has 3 heterocycles. The molecule has 1 aliphatic carbocycles. The maximum Gasteiger partial charge on any atom is 0.410 e. The number of aromatic amines is 1. The molecule has 0 saturated carbocycles. The first-order valence-corrected chi connectivity index (χ1v) is 21.6. The molecule has 64 heavy (non-hydrogen) atoms. The van der Waals surface area contributed by atoms with Crippen LogP contribution < -0.4 is 26.0 Å². The fourth-order valence-corrected chi connectivity index (χ4v) is 9.50. The highest BCUT2D eigenvalue weighted by Gasteiger charge is 2.45. The van der Waals surface area contributed by atoms with Crippen LogP contribution in [-0.2, 0) is 24.6 Å². The second-order valence-electron chi connectivity index (χ2n) is 16.4. The van der Waals surface area contributed by atoms with Gasteiger partial charge in [-0.1, -0.05) is 103 Å². The molecule has 13 heteroatoms. The smallest absolute Gasteiger partial charge is 0.410 e. The quantitative estimate of drug-likeness (QED) is 0.116. The molecule has 0 spiro atoms. The number of carbonyl (C=O) groups is 2. The average molecular weight is 863 g/mol. The van der Waals surface area contributed by atoms with E-state index in [1.165, 1.54) is 15.7 Å². The topological polar surface area (TPSA) is 150 Å². The van der Waals surface area contributed by atoms with Crippen molar-refractivity contribution in [1.82, 2.24) is 19.8 Å². The zero-order chi connectivity index (χ0) is 44.4. The monoisotopic (exact) mass is 862 g/mol. The number of likely N-dealkylation sites (tertiary alicyclic amines) is 1. The summed E-state index contributed by atoms with van der Waals surface area (Å²) >= 11 is 0. The van der Waals surface area contributed by atoms with Gasteiger partial charge in [-0.3, -0.25) is 24.0 Å². The molecule has 1 aromatic heterocycles. The van der Waals surface area contributed by atoms with Crippen LogP contribution in [0.3, 0.4) is 0 Å². The molecule has 13 nitrogen and oxygen atoms in total. The van der Waals surface area contributed by atoms with E-state index >= 15 is 0 Å².